The van der Waals surface area contributed by atoms with E-state index in [0.717, 1.165) is 5.56 Å². The molecule has 2 amide bonds. The van der Waals surface area contributed by atoms with Gasteiger partial charge < -0.3 is 15.3 Å². The summed E-state index contributed by atoms with van der Waals surface area (Å²) in [6.07, 6.45) is 0. The first kappa shape index (κ1) is 16.7. The summed E-state index contributed by atoms with van der Waals surface area (Å²) in [4.78, 5) is 36.7. The molecule has 0 saturated carbocycles. The molecule has 25 heavy (non-hydrogen) atoms. The van der Waals surface area contributed by atoms with Gasteiger partial charge in [0.25, 0.3) is 5.91 Å². The molecule has 1 unspecified atom stereocenters. The third-order valence-electron chi connectivity index (χ3n) is 4.25. The number of aliphatic carboxylic acids is 1. The Balaban J connectivity index is 1.82. The maximum Gasteiger partial charge on any atom is 0.312 e. The monoisotopic (exact) mass is 338 g/mol. The van der Waals surface area contributed by atoms with E-state index in [1.165, 1.54) is 11.8 Å². The van der Waals surface area contributed by atoms with Gasteiger partial charge in [-0.3, -0.25) is 14.4 Å². The van der Waals surface area contributed by atoms with Crippen molar-refractivity contribution >= 4 is 23.5 Å². The molecule has 2 aromatic rings. The first-order chi connectivity index (χ1) is 12.0. The van der Waals surface area contributed by atoms with Crippen molar-refractivity contribution in [2.75, 3.05) is 11.4 Å². The molecule has 3 rings (SSSR count). The maximum absolute atomic E-state index is 12.8. The number of para-hydroxylation sites is 1. The van der Waals surface area contributed by atoms with Crippen LogP contribution in [0.2, 0.25) is 0 Å². The number of anilines is 1. The molecule has 0 bridgehead atoms. The molecule has 1 atom stereocenters. The largest absolute Gasteiger partial charge is 0.481 e. The van der Waals surface area contributed by atoms with Crippen LogP contribution in [-0.4, -0.2) is 29.4 Å². The second-order valence-corrected chi connectivity index (χ2v) is 5.97. The predicted molar refractivity (Wildman–Crippen MR) is 92.5 cm³/mol. The highest BCUT2D eigenvalue weighted by Gasteiger charge is 2.36. The maximum atomic E-state index is 12.8. The van der Waals surface area contributed by atoms with E-state index < -0.39 is 11.9 Å². The van der Waals surface area contributed by atoms with Gasteiger partial charge in [-0.15, -0.1) is 0 Å². The van der Waals surface area contributed by atoms with E-state index in [2.05, 4.69) is 5.32 Å². The second kappa shape index (κ2) is 6.76. The van der Waals surface area contributed by atoms with Crippen molar-refractivity contribution in [3.8, 4) is 0 Å². The highest BCUT2D eigenvalue weighted by Crippen LogP contribution is 2.37. The SMILES string of the molecule is CC(=O)NCc1ccc(C(=O)N2CC(C(=O)O)c3ccccc32)cc1. The molecule has 6 heteroatoms. The Hall–Kier alpha value is -3.15. The molecule has 1 aliphatic heterocycles. The number of nitrogens with zero attached hydrogens (tertiary/aromatic N) is 1. The van der Waals surface area contributed by atoms with Crippen molar-refractivity contribution in [3.05, 3.63) is 65.2 Å². The number of amides is 2. The Bertz CT molecular complexity index is 830. The van der Waals surface area contributed by atoms with Crippen molar-refractivity contribution in [2.24, 2.45) is 0 Å². The van der Waals surface area contributed by atoms with Gasteiger partial charge in [-0.05, 0) is 29.3 Å². The number of carbonyl (C=O) groups is 3. The van der Waals surface area contributed by atoms with Crippen molar-refractivity contribution in [3.63, 3.8) is 0 Å². The van der Waals surface area contributed by atoms with E-state index in [4.69, 9.17) is 0 Å². The van der Waals surface area contributed by atoms with Gasteiger partial charge in [-0.2, -0.15) is 0 Å². The minimum atomic E-state index is -0.937. The predicted octanol–water partition coefficient (Wildman–Crippen LogP) is 2.15. The molecule has 1 heterocycles. The highest BCUT2D eigenvalue weighted by molar-refractivity contribution is 6.08. The average molecular weight is 338 g/mol. The van der Waals surface area contributed by atoms with E-state index in [9.17, 15) is 19.5 Å². The molecule has 0 saturated heterocycles. The quantitative estimate of drug-likeness (QED) is 0.894. The molecule has 128 valence electrons. The zero-order valence-corrected chi connectivity index (χ0v) is 13.7. The summed E-state index contributed by atoms with van der Waals surface area (Å²) in [5.41, 5.74) is 2.66. The summed E-state index contributed by atoms with van der Waals surface area (Å²) in [6.45, 7) is 1.97. The van der Waals surface area contributed by atoms with Crippen LogP contribution in [0.1, 0.15) is 34.3 Å². The number of rotatable bonds is 4. The van der Waals surface area contributed by atoms with Gasteiger partial charge in [0, 0.05) is 31.3 Å². The fourth-order valence-corrected chi connectivity index (χ4v) is 2.96. The van der Waals surface area contributed by atoms with Gasteiger partial charge in [-0.25, -0.2) is 0 Å². The van der Waals surface area contributed by atoms with E-state index in [1.54, 1.807) is 48.5 Å². The lowest BCUT2D eigenvalue weighted by molar-refractivity contribution is -0.138. The second-order valence-electron chi connectivity index (χ2n) is 5.97. The first-order valence-corrected chi connectivity index (χ1v) is 7.94. The van der Waals surface area contributed by atoms with Gasteiger partial charge in [0.2, 0.25) is 5.91 Å². The molecule has 0 aromatic heterocycles. The number of carbonyl (C=O) groups excluding carboxylic acids is 2. The van der Waals surface area contributed by atoms with E-state index in [0.29, 0.717) is 23.4 Å². The van der Waals surface area contributed by atoms with E-state index >= 15 is 0 Å². The standard InChI is InChI=1S/C19H18N2O4/c1-12(22)20-10-13-6-8-14(9-7-13)18(23)21-11-16(19(24)25)15-4-2-3-5-17(15)21/h2-9,16H,10-11H2,1H3,(H,20,22)(H,24,25). The molecule has 0 spiro atoms. The number of fused-ring (bicyclic) bond motifs is 1. The highest BCUT2D eigenvalue weighted by atomic mass is 16.4. The molecule has 0 fully saturated rings. The zero-order chi connectivity index (χ0) is 18.0. The summed E-state index contributed by atoms with van der Waals surface area (Å²) >= 11 is 0. The topological polar surface area (TPSA) is 86.7 Å². The van der Waals surface area contributed by atoms with Gasteiger partial charge in [0.05, 0.1) is 0 Å². The average Bonchev–Trinajstić information content (AvgIpc) is 3.00. The molecular weight excluding hydrogens is 320 g/mol. The Labute approximate surface area is 145 Å². The summed E-state index contributed by atoms with van der Waals surface area (Å²) in [6, 6.07) is 14.0. The molecule has 2 aromatic carbocycles. The van der Waals surface area contributed by atoms with Crippen molar-refractivity contribution < 1.29 is 19.5 Å². The fraction of sp³-hybridized carbons (Fsp3) is 0.211. The van der Waals surface area contributed by atoms with Gasteiger partial charge >= 0.3 is 5.97 Å². The Morgan fingerprint density at radius 3 is 2.44 bits per heavy atom. The summed E-state index contributed by atoms with van der Waals surface area (Å²) < 4.78 is 0. The summed E-state index contributed by atoms with van der Waals surface area (Å²) in [7, 11) is 0. The van der Waals surface area contributed by atoms with Crippen molar-refractivity contribution in [1.82, 2.24) is 5.32 Å². The molecule has 0 aliphatic carbocycles. The van der Waals surface area contributed by atoms with E-state index in [-0.39, 0.29) is 18.4 Å². The van der Waals surface area contributed by atoms with Crippen LogP contribution in [0, 0.1) is 0 Å². The molecule has 0 radical (unpaired) electrons. The zero-order valence-electron chi connectivity index (χ0n) is 13.7. The number of benzene rings is 2. The van der Waals surface area contributed by atoms with Gasteiger partial charge in [0.1, 0.15) is 5.92 Å². The fourth-order valence-electron chi connectivity index (χ4n) is 2.96. The normalized spacial score (nSPS) is 15.6. The summed E-state index contributed by atoms with van der Waals surface area (Å²) in [5.74, 6) is -2.00. The Kier molecular flexibility index (Phi) is 4.52. The van der Waals surface area contributed by atoms with Crippen LogP contribution in [-0.2, 0) is 16.1 Å². The minimum Gasteiger partial charge on any atom is -0.481 e. The number of hydrogen-bond acceptors (Lipinski definition) is 3. The van der Waals surface area contributed by atoms with Crippen LogP contribution < -0.4 is 10.2 Å². The lowest BCUT2D eigenvalue weighted by atomic mass is 10.0. The smallest absolute Gasteiger partial charge is 0.312 e. The lowest BCUT2D eigenvalue weighted by Crippen LogP contribution is -2.31. The van der Waals surface area contributed by atoms with Crippen molar-refractivity contribution in [1.29, 1.82) is 0 Å². The van der Waals surface area contributed by atoms with Crippen LogP contribution in [0.15, 0.2) is 48.5 Å². The minimum absolute atomic E-state index is 0.117. The first-order valence-electron chi connectivity index (χ1n) is 7.94. The van der Waals surface area contributed by atoms with Gasteiger partial charge in [-0.1, -0.05) is 30.3 Å². The Morgan fingerprint density at radius 2 is 1.80 bits per heavy atom. The van der Waals surface area contributed by atoms with Crippen LogP contribution in [0.25, 0.3) is 0 Å². The van der Waals surface area contributed by atoms with Crippen molar-refractivity contribution in [2.45, 2.75) is 19.4 Å². The number of hydrogen-bond donors (Lipinski definition) is 2. The van der Waals surface area contributed by atoms with Crippen LogP contribution in [0.4, 0.5) is 5.69 Å². The summed E-state index contributed by atoms with van der Waals surface area (Å²) in [5, 5.41) is 12.1. The molecule has 6 nitrogen and oxygen atoms in total. The molecule has 2 N–H and O–H groups in total. The Morgan fingerprint density at radius 1 is 1.12 bits per heavy atom. The van der Waals surface area contributed by atoms with E-state index in [1.807, 2.05) is 0 Å². The van der Waals surface area contributed by atoms with Crippen LogP contribution in [0.3, 0.4) is 0 Å². The van der Waals surface area contributed by atoms with Gasteiger partial charge in [0.15, 0.2) is 0 Å². The lowest BCUT2D eigenvalue weighted by Gasteiger charge is -2.17. The number of carboxylic acid groups (broad SMARTS) is 1. The van der Waals surface area contributed by atoms with Crippen LogP contribution >= 0.6 is 0 Å². The third kappa shape index (κ3) is 3.38. The molecular formula is C19H18N2O4. The molecule has 1 aliphatic rings. The third-order valence-corrected chi connectivity index (χ3v) is 4.25. The van der Waals surface area contributed by atoms with Crippen LogP contribution in [0.5, 0.6) is 0 Å². The number of carboxylic acids is 1. The number of nitrogens with one attached hydrogen (secondary N) is 1.